The second-order valence-corrected chi connectivity index (χ2v) is 11.7. The van der Waals surface area contributed by atoms with Gasteiger partial charge in [-0.15, -0.1) is 0 Å². The number of benzene rings is 4. The number of aliphatic hydroxyl groups excluding tert-OH is 2. The minimum absolute atomic E-state index is 0. The van der Waals surface area contributed by atoms with Crippen LogP contribution in [0.2, 0.25) is 0 Å². The third-order valence-electron chi connectivity index (χ3n) is 6.78. The molecule has 1 aliphatic rings. The molecular formula is C37H46O6Ti. The summed E-state index contributed by atoms with van der Waals surface area (Å²) < 4.78 is 13.0. The Hall–Kier alpha value is -2.65. The van der Waals surface area contributed by atoms with Crippen molar-refractivity contribution in [1.82, 2.24) is 0 Å². The minimum Gasteiger partial charge on any atom is -0.394 e. The van der Waals surface area contributed by atoms with Gasteiger partial charge < -0.3 is 29.9 Å². The standard InChI is InChI=1S/C31H30O4.2C3H8O.Ti/c1-29(2)34-27(30(32,23-15-7-3-8-16-23)24-17-9-4-10-18-24)28(35-29)31(33,25-19-11-5-12-20-25)26-21-13-6-14-22-26;2*1-3(2)4;/h3-22,27-28,32-33H,1-2H3;2*3-4H,1-2H3;/t27-,28-;;;/m1.../s1. The maximum absolute atomic E-state index is 12.6. The summed E-state index contributed by atoms with van der Waals surface area (Å²) in [5, 5.41) is 41.3. The zero-order valence-corrected chi connectivity index (χ0v) is 28.0. The van der Waals surface area contributed by atoms with E-state index in [-0.39, 0.29) is 33.9 Å². The molecule has 4 aromatic rings. The fourth-order valence-corrected chi connectivity index (χ4v) is 5.13. The molecule has 5 rings (SSSR count). The maximum atomic E-state index is 12.6. The van der Waals surface area contributed by atoms with E-state index in [4.69, 9.17) is 19.7 Å². The summed E-state index contributed by atoms with van der Waals surface area (Å²) in [7, 11) is 0. The van der Waals surface area contributed by atoms with Crippen LogP contribution in [0.1, 0.15) is 63.8 Å². The van der Waals surface area contributed by atoms with Gasteiger partial charge in [-0.05, 0) is 63.8 Å². The van der Waals surface area contributed by atoms with Crippen molar-refractivity contribution >= 4 is 0 Å². The molecule has 0 spiro atoms. The summed E-state index contributed by atoms with van der Waals surface area (Å²) in [6, 6.07) is 37.8. The van der Waals surface area contributed by atoms with Crippen LogP contribution in [0.3, 0.4) is 0 Å². The van der Waals surface area contributed by atoms with Crippen molar-refractivity contribution in [2.75, 3.05) is 0 Å². The Morgan fingerprint density at radius 3 is 0.864 bits per heavy atom. The van der Waals surface area contributed by atoms with Crippen LogP contribution in [0.5, 0.6) is 0 Å². The van der Waals surface area contributed by atoms with E-state index in [1.165, 1.54) is 0 Å². The molecule has 2 atom stereocenters. The quantitative estimate of drug-likeness (QED) is 0.190. The Morgan fingerprint density at radius 2 is 0.682 bits per heavy atom. The van der Waals surface area contributed by atoms with Crippen molar-refractivity contribution in [3.63, 3.8) is 0 Å². The van der Waals surface area contributed by atoms with Gasteiger partial charge in [0.25, 0.3) is 0 Å². The summed E-state index contributed by atoms with van der Waals surface area (Å²) in [4.78, 5) is 0. The summed E-state index contributed by atoms with van der Waals surface area (Å²) in [5.41, 5.74) is -0.564. The van der Waals surface area contributed by atoms with E-state index in [0.29, 0.717) is 22.3 Å². The van der Waals surface area contributed by atoms with Gasteiger partial charge in [0.1, 0.15) is 23.4 Å². The Kier molecular flexibility index (Phi) is 14.2. The molecule has 6 nitrogen and oxygen atoms in total. The molecule has 234 valence electrons. The summed E-state index contributed by atoms with van der Waals surface area (Å²) >= 11 is 0. The topological polar surface area (TPSA) is 99.4 Å². The molecule has 0 bridgehead atoms. The van der Waals surface area contributed by atoms with Crippen molar-refractivity contribution in [2.45, 2.75) is 82.9 Å². The molecular weight excluding hydrogens is 588 g/mol. The zero-order chi connectivity index (χ0) is 31.7. The van der Waals surface area contributed by atoms with Gasteiger partial charge in [-0.1, -0.05) is 121 Å². The molecule has 44 heavy (non-hydrogen) atoms. The van der Waals surface area contributed by atoms with Gasteiger partial charge in [-0.25, -0.2) is 0 Å². The van der Waals surface area contributed by atoms with Crippen LogP contribution in [-0.4, -0.2) is 50.6 Å². The molecule has 1 fully saturated rings. The monoisotopic (exact) mass is 634 g/mol. The number of rotatable bonds is 6. The fourth-order valence-electron chi connectivity index (χ4n) is 5.13. The summed E-state index contributed by atoms with van der Waals surface area (Å²) in [6.45, 7) is 10.5. The van der Waals surface area contributed by atoms with Crippen molar-refractivity contribution in [2.24, 2.45) is 0 Å². The third-order valence-corrected chi connectivity index (χ3v) is 6.78. The molecule has 0 aromatic heterocycles. The van der Waals surface area contributed by atoms with Crippen LogP contribution < -0.4 is 0 Å². The van der Waals surface area contributed by atoms with Gasteiger partial charge >= 0.3 is 0 Å². The molecule has 0 amide bonds. The normalized spacial score (nSPS) is 17.5. The first-order valence-electron chi connectivity index (χ1n) is 14.7. The Labute approximate surface area is 277 Å². The van der Waals surface area contributed by atoms with E-state index in [0.717, 1.165) is 0 Å². The van der Waals surface area contributed by atoms with Crippen molar-refractivity contribution < 1.29 is 51.6 Å². The van der Waals surface area contributed by atoms with Gasteiger partial charge in [0.15, 0.2) is 5.79 Å². The molecule has 7 heteroatoms. The van der Waals surface area contributed by atoms with E-state index in [9.17, 15) is 10.2 Å². The van der Waals surface area contributed by atoms with Crippen LogP contribution in [0, 0.1) is 0 Å². The van der Waals surface area contributed by atoms with Gasteiger partial charge in [0, 0.05) is 33.9 Å². The number of aliphatic hydroxyl groups is 4. The molecule has 0 saturated carbocycles. The van der Waals surface area contributed by atoms with E-state index < -0.39 is 29.2 Å². The first-order chi connectivity index (χ1) is 20.3. The van der Waals surface area contributed by atoms with Gasteiger partial charge in [0.05, 0.1) is 0 Å². The minimum atomic E-state index is -1.60. The molecule has 4 aromatic carbocycles. The summed E-state index contributed by atoms with van der Waals surface area (Å²) in [6.07, 6.45) is -2.21. The predicted octanol–water partition coefficient (Wildman–Crippen LogP) is 6.15. The van der Waals surface area contributed by atoms with E-state index >= 15 is 0 Å². The maximum Gasteiger partial charge on any atom is 0.164 e. The SMILES string of the molecule is CC(C)O.CC(C)O.CC1(C)O[C@@H](C(O)(c2ccccc2)c2ccccc2)[C@H](C(O)(c2ccccc2)c2ccccc2)O1.[Ti]. The third kappa shape index (κ3) is 9.19. The molecule has 1 heterocycles. The molecule has 1 aliphatic heterocycles. The molecule has 0 unspecified atom stereocenters. The zero-order valence-electron chi connectivity index (χ0n) is 26.5. The fraction of sp³-hybridized carbons (Fsp3) is 0.351. The van der Waals surface area contributed by atoms with E-state index in [2.05, 4.69) is 0 Å². The van der Waals surface area contributed by atoms with Gasteiger partial charge in [0.2, 0.25) is 0 Å². The predicted molar refractivity (Wildman–Crippen MR) is 170 cm³/mol. The number of hydrogen-bond donors (Lipinski definition) is 4. The number of ether oxygens (including phenoxy) is 2. The van der Waals surface area contributed by atoms with Crippen molar-refractivity contribution in [1.29, 1.82) is 0 Å². The van der Waals surface area contributed by atoms with E-state index in [1.54, 1.807) is 27.7 Å². The first-order valence-corrected chi connectivity index (χ1v) is 14.7. The van der Waals surface area contributed by atoms with E-state index in [1.807, 2.05) is 135 Å². The van der Waals surface area contributed by atoms with Gasteiger partial charge in [-0.3, -0.25) is 0 Å². The molecule has 4 N–H and O–H groups in total. The second kappa shape index (κ2) is 16.6. The average molecular weight is 635 g/mol. The van der Waals surface area contributed by atoms with Crippen LogP contribution in [0.25, 0.3) is 0 Å². The Balaban J connectivity index is 0.000000672. The number of hydrogen-bond acceptors (Lipinski definition) is 6. The second-order valence-electron chi connectivity index (χ2n) is 11.7. The summed E-state index contributed by atoms with van der Waals surface area (Å²) in [5.74, 6) is -1.05. The molecule has 0 aliphatic carbocycles. The molecule has 0 radical (unpaired) electrons. The van der Waals surface area contributed by atoms with Crippen LogP contribution in [-0.2, 0) is 42.4 Å². The van der Waals surface area contributed by atoms with Crippen LogP contribution >= 0.6 is 0 Å². The van der Waals surface area contributed by atoms with Crippen LogP contribution in [0.4, 0.5) is 0 Å². The first kappa shape index (κ1) is 37.5. The Bertz CT molecular complexity index is 1160. The van der Waals surface area contributed by atoms with Gasteiger partial charge in [-0.2, -0.15) is 0 Å². The smallest absolute Gasteiger partial charge is 0.164 e. The van der Waals surface area contributed by atoms with Crippen molar-refractivity contribution in [3.8, 4) is 0 Å². The van der Waals surface area contributed by atoms with Crippen LogP contribution in [0.15, 0.2) is 121 Å². The average Bonchev–Trinajstić information content (AvgIpc) is 3.33. The largest absolute Gasteiger partial charge is 0.394 e. The van der Waals surface area contributed by atoms with Crippen molar-refractivity contribution in [3.05, 3.63) is 144 Å². The Morgan fingerprint density at radius 1 is 0.500 bits per heavy atom. The molecule has 1 saturated heterocycles.